The first-order valence-electron chi connectivity index (χ1n) is 5.73. The maximum Gasteiger partial charge on any atom is 0.243 e. The Bertz CT molecular complexity index is 514. The fourth-order valence-corrected chi connectivity index (χ4v) is 3.19. The lowest BCUT2D eigenvalue weighted by atomic mass is 10.1. The third kappa shape index (κ3) is 2.89. The van der Waals surface area contributed by atoms with E-state index < -0.39 is 16.1 Å². The molecule has 18 heavy (non-hydrogen) atoms. The highest BCUT2D eigenvalue weighted by Gasteiger charge is 2.26. The molecule has 102 valence electrons. The summed E-state index contributed by atoms with van der Waals surface area (Å²) >= 11 is 0. The van der Waals surface area contributed by atoms with Gasteiger partial charge in [-0.15, -0.1) is 0 Å². The van der Waals surface area contributed by atoms with Crippen molar-refractivity contribution in [2.45, 2.75) is 31.3 Å². The van der Waals surface area contributed by atoms with E-state index in [0.29, 0.717) is 12.1 Å². The zero-order chi connectivity index (χ0) is 13.9. The van der Waals surface area contributed by atoms with E-state index in [0.717, 1.165) is 5.56 Å². The fraction of sp³-hybridized carbons (Fsp3) is 0.500. The molecule has 0 aliphatic carbocycles. The van der Waals surface area contributed by atoms with Crippen LogP contribution in [0.4, 0.5) is 0 Å². The van der Waals surface area contributed by atoms with Gasteiger partial charge in [0.25, 0.3) is 0 Å². The highest BCUT2D eigenvalue weighted by atomic mass is 32.2. The third-order valence-electron chi connectivity index (χ3n) is 3.02. The zero-order valence-corrected chi connectivity index (χ0v) is 11.7. The van der Waals surface area contributed by atoms with Crippen molar-refractivity contribution in [3.8, 4) is 0 Å². The van der Waals surface area contributed by atoms with Crippen molar-refractivity contribution in [3.63, 3.8) is 0 Å². The van der Waals surface area contributed by atoms with E-state index in [1.165, 1.54) is 11.4 Å². The minimum Gasteiger partial charge on any atom is -0.395 e. The summed E-state index contributed by atoms with van der Waals surface area (Å²) in [6.45, 7) is 3.56. The molecule has 1 rings (SSSR count). The number of aryl methyl sites for hydroxylation is 1. The highest BCUT2D eigenvalue weighted by molar-refractivity contribution is 7.89. The number of hydrogen-bond donors (Lipinski definition) is 2. The molecule has 0 spiro atoms. The van der Waals surface area contributed by atoms with Crippen LogP contribution >= 0.6 is 0 Å². The molecular formula is C12H20N2O3S. The van der Waals surface area contributed by atoms with E-state index in [1.54, 1.807) is 32.0 Å². The maximum atomic E-state index is 12.3. The first kappa shape index (κ1) is 15.1. The van der Waals surface area contributed by atoms with Crippen LogP contribution < -0.4 is 5.73 Å². The SMILES string of the molecule is Cc1cc(CN)ccc1S(=O)(=O)N(C)C(C)CO. The number of nitrogens with zero attached hydrogens (tertiary/aromatic N) is 1. The van der Waals surface area contributed by atoms with Crippen LogP contribution in [0.3, 0.4) is 0 Å². The Kier molecular flexibility index (Phi) is 4.86. The lowest BCUT2D eigenvalue weighted by Crippen LogP contribution is -2.37. The van der Waals surface area contributed by atoms with Crippen LogP contribution in [0.2, 0.25) is 0 Å². The van der Waals surface area contributed by atoms with Gasteiger partial charge >= 0.3 is 0 Å². The van der Waals surface area contributed by atoms with Gasteiger partial charge in [0.15, 0.2) is 0 Å². The van der Waals surface area contributed by atoms with E-state index in [2.05, 4.69) is 0 Å². The summed E-state index contributed by atoms with van der Waals surface area (Å²) in [5, 5.41) is 9.04. The molecule has 1 atom stereocenters. The Morgan fingerprint density at radius 2 is 2.06 bits per heavy atom. The number of benzene rings is 1. The molecule has 0 radical (unpaired) electrons. The van der Waals surface area contributed by atoms with Gasteiger partial charge in [-0.05, 0) is 31.0 Å². The van der Waals surface area contributed by atoms with Gasteiger partial charge in [-0.2, -0.15) is 4.31 Å². The molecule has 0 aliphatic rings. The standard InChI is InChI=1S/C12H20N2O3S/c1-9-6-11(7-13)4-5-12(9)18(16,17)14(3)10(2)8-15/h4-6,10,15H,7-8,13H2,1-3H3. The third-order valence-corrected chi connectivity index (χ3v) is 5.15. The Labute approximate surface area is 108 Å². The first-order chi connectivity index (χ1) is 8.34. The minimum atomic E-state index is -3.57. The average Bonchev–Trinajstić information content (AvgIpc) is 2.36. The van der Waals surface area contributed by atoms with Gasteiger partial charge in [0.05, 0.1) is 11.5 Å². The van der Waals surface area contributed by atoms with Gasteiger partial charge in [-0.1, -0.05) is 12.1 Å². The maximum absolute atomic E-state index is 12.3. The second-order valence-electron chi connectivity index (χ2n) is 4.36. The van der Waals surface area contributed by atoms with Crippen LogP contribution in [-0.2, 0) is 16.6 Å². The molecule has 0 saturated carbocycles. The molecule has 3 N–H and O–H groups in total. The molecule has 0 aromatic heterocycles. The van der Waals surface area contributed by atoms with Gasteiger partial charge in [-0.25, -0.2) is 8.42 Å². The molecule has 0 heterocycles. The second kappa shape index (κ2) is 5.79. The summed E-state index contributed by atoms with van der Waals surface area (Å²) in [5.74, 6) is 0. The molecule has 1 aromatic rings. The van der Waals surface area contributed by atoms with Gasteiger partial charge in [0, 0.05) is 19.6 Å². The van der Waals surface area contributed by atoms with Crippen LogP contribution in [0.1, 0.15) is 18.1 Å². The predicted octanol–water partition coefficient (Wildman–Crippen LogP) is 0.455. The largest absolute Gasteiger partial charge is 0.395 e. The molecule has 1 aromatic carbocycles. The number of sulfonamides is 1. The zero-order valence-electron chi connectivity index (χ0n) is 10.9. The van der Waals surface area contributed by atoms with Gasteiger partial charge < -0.3 is 10.8 Å². The molecule has 0 bridgehead atoms. The van der Waals surface area contributed by atoms with Gasteiger partial charge in [-0.3, -0.25) is 0 Å². The molecule has 0 saturated heterocycles. The van der Waals surface area contributed by atoms with Crippen molar-refractivity contribution in [2.24, 2.45) is 5.73 Å². The van der Waals surface area contributed by atoms with Crippen molar-refractivity contribution < 1.29 is 13.5 Å². The number of nitrogens with two attached hydrogens (primary N) is 1. The topological polar surface area (TPSA) is 83.6 Å². The Hall–Kier alpha value is -0.950. The number of aliphatic hydroxyl groups is 1. The molecule has 0 fully saturated rings. The van der Waals surface area contributed by atoms with Crippen LogP contribution in [0.5, 0.6) is 0 Å². The quantitative estimate of drug-likeness (QED) is 0.815. The fourth-order valence-electron chi connectivity index (χ4n) is 1.63. The first-order valence-corrected chi connectivity index (χ1v) is 7.17. The number of rotatable bonds is 5. The second-order valence-corrected chi connectivity index (χ2v) is 6.32. The van der Waals surface area contributed by atoms with Crippen LogP contribution in [-0.4, -0.2) is 37.5 Å². The van der Waals surface area contributed by atoms with Crippen molar-refractivity contribution in [3.05, 3.63) is 29.3 Å². The van der Waals surface area contributed by atoms with Crippen molar-refractivity contribution in [1.29, 1.82) is 0 Å². The summed E-state index contributed by atoms with van der Waals surface area (Å²) in [6, 6.07) is 4.58. The molecule has 6 heteroatoms. The number of hydrogen-bond acceptors (Lipinski definition) is 4. The van der Waals surface area contributed by atoms with Crippen molar-refractivity contribution in [2.75, 3.05) is 13.7 Å². The van der Waals surface area contributed by atoms with Crippen LogP contribution in [0.15, 0.2) is 23.1 Å². The Balaban J connectivity index is 3.21. The van der Waals surface area contributed by atoms with E-state index in [-0.39, 0.29) is 11.5 Å². The van der Waals surface area contributed by atoms with Crippen LogP contribution in [0.25, 0.3) is 0 Å². The predicted molar refractivity (Wildman–Crippen MR) is 70.6 cm³/mol. The van der Waals surface area contributed by atoms with Gasteiger partial charge in [0.2, 0.25) is 10.0 Å². The minimum absolute atomic E-state index is 0.213. The van der Waals surface area contributed by atoms with Crippen LogP contribution in [0, 0.1) is 6.92 Å². The lowest BCUT2D eigenvalue weighted by molar-refractivity contribution is 0.214. The average molecular weight is 272 g/mol. The van der Waals surface area contributed by atoms with E-state index in [4.69, 9.17) is 10.8 Å². The van der Waals surface area contributed by atoms with Crippen molar-refractivity contribution in [1.82, 2.24) is 4.31 Å². The molecule has 1 unspecified atom stereocenters. The summed E-state index contributed by atoms with van der Waals surface area (Å²) in [5.41, 5.74) is 7.07. The summed E-state index contributed by atoms with van der Waals surface area (Å²) in [6.07, 6.45) is 0. The van der Waals surface area contributed by atoms with E-state index in [1.807, 2.05) is 0 Å². The monoisotopic (exact) mass is 272 g/mol. The molecule has 0 aliphatic heterocycles. The Morgan fingerprint density at radius 1 is 1.44 bits per heavy atom. The highest BCUT2D eigenvalue weighted by Crippen LogP contribution is 2.21. The lowest BCUT2D eigenvalue weighted by Gasteiger charge is -2.23. The summed E-state index contributed by atoms with van der Waals surface area (Å²) < 4.78 is 25.9. The number of aliphatic hydroxyl groups excluding tert-OH is 1. The van der Waals surface area contributed by atoms with Crippen molar-refractivity contribution >= 4 is 10.0 Å². The van der Waals surface area contributed by atoms with E-state index >= 15 is 0 Å². The molecule has 0 amide bonds. The Morgan fingerprint density at radius 3 is 2.50 bits per heavy atom. The molecular weight excluding hydrogens is 252 g/mol. The molecule has 5 nitrogen and oxygen atoms in total. The summed E-state index contributed by atoms with van der Waals surface area (Å²) in [7, 11) is -2.11. The number of likely N-dealkylation sites (N-methyl/N-ethyl adjacent to an activating group) is 1. The summed E-state index contributed by atoms with van der Waals surface area (Å²) in [4.78, 5) is 0.252. The van der Waals surface area contributed by atoms with E-state index in [9.17, 15) is 8.42 Å². The smallest absolute Gasteiger partial charge is 0.243 e. The normalized spacial score (nSPS) is 13.9. The van der Waals surface area contributed by atoms with Gasteiger partial charge in [0.1, 0.15) is 0 Å².